The average molecular weight is 356 g/mol. The summed E-state index contributed by atoms with van der Waals surface area (Å²) in [5, 5.41) is 0. The summed E-state index contributed by atoms with van der Waals surface area (Å²) in [5.74, 6) is 9.52. The lowest BCUT2D eigenvalue weighted by Crippen LogP contribution is -2.50. The van der Waals surface area contributed by atoms with E-state index in [0.29, 0.717) is 0 Å². The fraction of sp³-hybridized carbons (Fsp3) is 1.00. The molecule has 0 aromatic carbocycles. The van der Waals surface area contributed by atoms with E-state index in [1.165, 1.54) is 47.3 Å². The molecule has 2 bridgehead atoms. The van der Waals surface area contributed by atoms with Crippen LogP contribution in [0.25, 0.3) is 0 Å². The number of hydrogen-bond donors (Lipinski definition) is 0. The second-order valence-corrected chi connectivity index (χ2v) is 10.6. The van der Waals surface area contributed by atoms with Crippen LogP contribution < -0.4 is 0 Å². The number of fused-ring (bicyclic) bond motifs is 6. The molecule has 7 rings (SSSR count). The number of halogens is 2. The molecule has 0 aromatic heterocycles. The third-order valence-corrected chi connectivity index (χ3v) is 11.2. The van der Waals surface area contributed by atoms with E-state index < -0.39 is 0 Å². The first-order chi connectivity index (χ1) is 8.23. The Morgan fingerprint density at radius 3 is 1.47 bits per heavy atom. The van der Waals surface area contributed by atoms with E-state index in [9.17, 15) is 0 Å². The zero-order valence-electron chi connectivity index (χ0n) is 9.65. The molecule has 0 amide bonds. The van der Waals surface area contributed by atoms with E-state index in [-0.39, 0.29) is 0 Å². The molecule has 12 atom stereocenters. The summed E-state index contributed by atoms with van der Waals surface area (Å²) in [6, 6.07) is 0. The molecule has 90 valence electrons. The summed E-state index contributed by atoms with van der Waals surface area (Å²) >= 11 is 8.05. The molecule has 7 saturated carbocycles. The third-order valence-electron chi connectivity index (χ3n) is 8.90. The Morgan fingerprint density at radius 2 is 1.12 bits per heavy atom. The Kier molecular flexibility index (Phi) is 1.08. The highest BCUT2D eigenvalue weighted by Gasteiger charge is 2.96. The summed E-state index contributed by atoms with van der Waals surface area (Å²) < 4.78 is 0. The van der Waals surface area contributed by atoms with Gasteiger partial charge in [-0.25, -0.2) is 0 Å². The molecule has 2 spiro atoms. The molecular formula is C15H16Br2. The molecule has 0 nitrogen and oxygen atoms in total. The van der Waals surface area contributed by atoms with Crippen molar-refractivity contribution in [3.05, 3.63) is 0 Å². The van der Waals surface area contributed by atoms with Crippen LogP contribution in [0.4, 0.5) is 0 Å². The van der Waals surface area contributed by atoms with Crippen molar-refractivity contribution in [2.75, 3.05) is 0 Å². The fourth-order valence-corrected chi connectivity index (χ4v) is 11.4. The van der Waals surface area contributed by atoms with Crippen molar-refractivity contribution in [3.8, 4) is 0 Å². The first-order valence-corrected chi connectivity index (χ1v) is 9.34. The molecular weight excluding hydrogens is 340 g/mol. The second kappa shape index (κ2) is 2.05. The number of hydrogen-bond acceptors (Lipinski definition) is 0. The molecule has 7 aliphatic rings. The quantitative estimate of drug-likeness (QED) is 0.581. The third kappa shape index (κ3) is 0.552. The minimum atomic E-state index is 0.840. The largest absolute Gasteiger partial charge is 0.0884 e. The lowest BCUT2D eigenvalue weighted by molar-refractivity contribution is -0.0539. The van der Waals surface area contributed by atoms with Crippen molar-refractivity contribution in [1.29, 1.82) is 0 Å². The van der Waals surface area contributed by atoms with E-state index in [1.54, 1.807) is 19.3 Å². The van der Waals surface area contributed by atoms with Crippen LogP contribution in [0.3, 0.4) is 0 Å². The van der Waals surface area contributed by atoms with Crippen molar-refractivity contribution >= 4 is 31.9 Å². The minimum Gasteiger partial charge on any atom is -0.0884 e. The standard InChI is InChI=1S/C15H16Br2/c16-6-2-14(6)10-4-1-5-9-8(4)12(14)13(9)15(11(5)10)3-7(15)17/h4-13H,1-3H2/t4-,5+,6?,7?,8?,9?,10?,11?,12?,13?,14?,15?. The maximum Gasteiger partial charge on any atom is 0.0214 e. The molecule has 0 radical (unpaired) electrons. The summed E-state index contributed by atoms with van der Waals surface area (Å²) in [4.78, 5) is 1.84. The molecule has 0 N–H and O–H groups in total. The van der Waals surface area contributed by atoms with Crippen LogP contribution in [0.1, 0.15) is 19.3 Å². The maximum atomic E-state index is 4.02. The predicted molar refractivity (Wildman–Crippen MR) is 72.1 cm³/mol. The van der Waals surface area contributed by atoms with Crippen LogP contribution in [0.2, 0.25) is 0 Å². The van der Waals surface area contributed by atoms with Crippen molar-refractivity contribution in [2.24, 2.45) is 58.2 Å². The van der Waals surface area contributed by atoms with Gasteiger partial charge in [-0.2, -0.15) is 0 Å². The van der Waals surface area contributed by atoms with Crippen LogP contribution >= 0.6 is 31.9 Å². The van der Waals surface area contributed by atoms with Gasteiger partial charge in [0.1, 0.15) is 0 Å². The minimum absolute atomic E-state index is 0.840. The Hall–Kier alpha value is 0.960. The van der Waals surface area contributed by atoms with Gasteiger partial charge >= 0.3 is 0 Å². The van der Waals surface area contributed by atoms with Crippen LogP contribution in [0.15, 0.2) is 0 Å². The van der Waals surface area contributed by atoms with Crippen molar-refractivity contribution in [2.45, 2.75) is 28.9 Å². The van der Waals surface area contributed by atoms with Crippen LogP contribution in [0.5, 0.6) is 0 Å². The number of alkyl halides is 2. The lowest BCUT2D eigenvalue weighted by Gasteiger charge is -2.52. The van der Waals surface area contributed by atoms with E-state index in [1.807, 2.05) is 0 Å². The molecule has 7 aliphatic carbocycles. The Morgan fingerprint density at radius 1 is 0.706 bits per heavy atom. The van der Waals surface area contributed by atoms with Gasteiger partial charge in [-0.05, 0) is 77.4 Å². The fourth-order valence-electron chi connectivity index (χ4n) is 9.03. The zero-order chi connectivity index (χ0) is 10.9. The molecule has 7 fully saturated rings. The van der Waals surface area contributed by atoms with Gasteiger partial charge in [0.2, 0.25) is 0 Å². The van der Waals surface area contributed by atoms with Gasteiger partial charge in [-0.1, -0.05) is 31.9 Å². The van der Waals surface area contributed by atoms with Crippen molar-refractivity contribution in [3.63, 3.8) is 0 Å². The van der Waals surface area contributed by atoms with Gasteiger partial charge in [0.15, 0.2) is 0 Å². The monoisotopic (exact) mass is 354 g/mol. The smallest absolute Gasteiger partial charge is 0.0214 e. The van der Waals surface area contributed by atoms with E-state index in [0.717, 1.165) is 20.5 Å². The van der Waals surface area contributed by atoms with E-state index in [4.69, 9.17) is 0 Å². The lowest BCUT2D eigenvalue weighted by atomic mass is 9.52. The van der Waals surface area contributed by atoms with Crippen LogP contribution in [-0.4, -0.2) is 9.65 Å². The molecule has 0 saturated heterocycles. The average Bonchev–Trinajstić information content (AvgIpc) is 2.93. The first-order valence-electron chi connectivity index (χ1n) is 7.51. The second-order valence-electron chi connectivity index (χ2n) is 8.39. The normalized spacial score (nSPS) is 90.7. The van der Waals surface area contributed by atoms with Gasteiger partial charge in [0, 0.05) is 9.65 Å². The van der Waals surface area contributed by atoms with Gasteiger partial charge in [-0.15, -0.1) is 0 Å². The SMILES string of the molecule is BrC1CC12C1C3C4C1C1(CC1Br)C1C2[C@@H]3C[C@@H]41. The van der Waals surface area contributed by atoms with Gasteiger partial charge in [0.25, 0.3) is 0 Å². The highest BCUT2D eigenvalue weighted by Crippen LogP contribution is 2.99. The van der Waals surface area contributed by atoms with Crippen molar-refractivity contribution in [1.82, 2.24) is 0 Å². The molecule has 0 aromatic rings. The highest BCUT2D eigenvalue weighted by molar-refractivity contribution is 9.10. The van der Waals surface area contributed by atoms with Crippen LogP contribution in [0, 0.1) is 58.2 Å². The molecule has 10 unspecified atom stereocenters. The zero-order valence-corrected chi connectivity index (χ0v) is 12.8. The van der Waals surface area contributed by atoms with Crippen molar-refractivity contribution < 1.29 is 0 Å². The molecule has 0 aliphatic heterocycles. The first kappa shape index (κ1) is 9.00. The van der Waals surface area contributed by atoms with Gasteiger partial charge in [-0.3, -0.25) is 0 Å². The Labute approximate surface area is 119 Å². The molecule has 0 heterocycles. The van der Waals surface area contributed by atoms with Crippen LogP contribution in [-0.2, 0) is 0 Å². The van der Waals surface area contributed by atoms with Gasteiger partial charge in [0.05, 0.1) is 0 Å². The summed E-state index contributed by atoms with van der Waals surface area (Å²) in [6.45, 7) is 0. The maximum absolute atomic E-state index is 4.02. The number of rotatable bonds is 0. The van der Waals surface area contributed by atoms with E-state index in [2.05, 4.69) is 31.9 Å². The highest BCUT2D eigenvalue weighted by atomic mass is 79.9. The summed E-state index contributed by atoms with van der Waals surface area (Å²) in [7, 11) is 0. The Balaban J connectivity index is 1.56. The topological polar surface area (TPSA) is 0 Å². The van der Waals surface area contributed by atoms with E-state index >= 15 is 0 Å². The predicted octanol–water partition coefficient (Wildman–Crippen LogP) is 3.68. The molecule has 2 heteroatoms. The summed E-state index contributed by atoms with van der Waals surface area (Å²) in [6.07, 6.45) is 4.75. The van der Waals surface area contributed by atoms with Gasteiger partial charge < -0.3 is 0 Å². The molecule has 17 heavy (non-hydrogen) atoms. The summed E-state index contributed by atoms with van der Waals surface area (Å²) in [5.41, 5.74) is 1.68. The Bertz CT molecular complexity index is 455.